The number of nitrogens with one attached hydrogen (secondary N) is 1. The maximum absolute atomic E-state index is 13.4. The molecule has 1 amide bonds. The molecule has 2 atom stereocenters. The van der Waals surface area contributed by atoms with Gasteiger partial charge in [-0.1, -0.05) is 24.3 Å². The van der Waals surface area contributed by atoms with Crippen LogP contribution >= 0.6 is 0 Å². The lowest BCUT2D eigenvalue weighted by Crippen LogP contribution is -2.39. The zero-order valence-electron chi connectivity index (χ0n) is 19.9. The van der Waals surface area contributed by atoms with E-state index in [9.17, 15) is 31.1 Å². The second kappa shape index (κ2) is 10.1. The zero-order valence-corrected chi connectivity index (χ0v) is 19.9. The molecule has 0 saturated heterocycles. The van der Waals surface area contributed by atoms with Gasteiger partial charge in [-0.3, -0.25) is 9.63 Å². The number of alkyl halides is 6. The highest BCUT2D eigenvalue weighted by Crippen LogP contribution is 2.41. The fraction of sp³-hybridized carbons (Fsp3) is 0.346. The molecule has 11 heteroatoms. The molecule has 0 radical (unpaired) electrons. The van der Waals surface area contributed by atoms with Crippen LogP contribution in [0.15, 0.2) is 65.9 Å². The summed E-state index contributed by atoms with van der Waals surface area (Å²) in [5.41, 5.74) is -0.474. The quantitative estimate of drug-likeness (QED) is 0.221. The Morgan fingerprint density at radius 1 is 1.08 bits per heavy atom. The maximum Gasteiger partial charge on any atom is 0.416 e. The number of hydrogen-bond acceptors (Lipinski definition) is 4. The third-order valence-corrected chi connectivity index (χ3v) is 6.25. The van der Waals surface area contributed by atoms with Gasteiger partial charge in [0.25, 0.3) is 5.91 Å². The summed E-state index contributed by atoms with van der Waals surface area (Å²) in [6.07, 6.45) is -7.15. The Morgan fingerprint density at radius 2 is 1.73 bits per heavy atom. The van der Waals surface area contributed by atoms with Gasteiger partial charge in [0.05, 0.1) is 35.3 Å². The van der Waals surface area contributed by atoms with Gasteiger partial charge in [0, 0.05) is 13.0 Å². The summed E-state index contributed by atoms with van der Waals surface area (Å²) in [5.74, 6) is -0.700. The van der Waals surface area contributed by atoms with E-state index in [-0.39, 0.29) is 24.2 Å². The summed E-state index contributed by atoms with van der Waals surface area (Å²) in [7, 11) is 1.46. The number of carbonyl (C=O) groups excluding carboxylic acids is 1. The molecule has 5 nitrogen and oxygen atoms in total. The first kappa shape index (κ1) is 26.6. The van der Waals surface area contributed by atoms with Gasteiger partial charge in [-0.2, -0.15) is 26.3 Å². The topological polar surface area (TPSA) is 50.8 Å². The van der Waals surface area contributed by atoms with E-state index in [1.54, 1.807) is 6.92 Å². The lowest BCUT2D eigenvalue weighted by molar-refractivity contribution is -0.143. The van der Waals surface area contributed by atoms with Crippen LogP contribution in [0.1, 0.15) is 41.5 Å². The molecule has 1 heterocycles. The molecule has 2 aliphatic rings. The molecular formula is C26H24F6N2O3. The normalized spacial score (nSPS) is 20.4. The molecule has 0 spiro atoms. The molecular weight excluding hydrogens is 502 g/mol. The average molecular weight is 526 g/mol. The van der Waals surface area contributed by atoms with Crippen molar-refractivity contribution in [2.24, 2.45) is 0 Å². The number of fused-ring (bicyclic) bond motifs is 1. The molecule has 1 aliphatic heterocycles. The van der Waals surface area contributed by atoms with Gasteiger partial charge >= 0.3 is 12.4 Å². The van der Waals surface area contributed by atoms with E-state index in [0.717, 1.165) is 22.6 Å². The first-order valence-corrected chi connectivity index (χ1v) is 11.4. The maximum atomic E-state index is 13.4. The van der Waals surface area contributed by atoms with E-state index >= 15 is 0 Å². The highest BCUT2D eigenvalue weighted by Gasteiger charge is 2.39. The van der Waals surface area contributed by atoms with E-state index in [2.05, 4.69) is 5.32 Å². The predicted octanol–water partition coefficient (Wildman–Crippen LogP) is 6.12. The van der Waals surface area contributed by atoms with Gasteiger partial charge in [0.1, 0.15) is 0 Å². The average Bonchev–Trinajstić information content (AvgIpc) is 3.26. The third kappa shape index (κ3) is 5.76. The van der Waals surface area contributed by atoms with Crippen molar-refractivity contribution in [3.05, 3.63) is 88.2 Å². The second-order valence-corrected chi connectivity index (χ2v) is 8.85. The molecule has 2 aromatic carbocycles. The minimum Gasteiger partial charge on any atom is -0.472 e. The lowest BCUT2D eigenvalue weighted by atomic mass is 9.93. The minimum absolute atomic E-state index is 0.0472. The number of hydroxylamine groups is 1. The fourth-order valence-electron chi connectivity index (χ4n) is 4.45. The van der Waals surface area contributed by atoms with E-state index in [1.165, 1.54) is 19.4 Å². The summed E-state index contributed by atoms with van der Waals surface area (Å²) in [6, 6.07) is 8.81. The van der Waals surface area contributed by atoms with Crippen LogP contribution in [0.3, 0.4) is 0 Å². The molecule has 2 aromatic rings. The first-order valence-electron chi connectivity index (χ1n) is 11.4. The highest BCUT2D eigenvalue weighted by atomic mass is 19.4. The van der Waals surface area contributed by atoms with E-state index in [4.69, 9.17) is 9.57 Å². The summed E-state index contributed by atoms with van der Waals surface area (Å²) in [4.78, 5) is 18.2. The number of rotatable bonds is 5. The number of aryl methyl sites for hydroxylation is 1. The largest absolute Gasteiger partial charge is 0.472 e. The van der Waals surface area contributed by atoms with Crippen LogP contribution in [0, 0.1) is 0 Å². The van der Waals surface area contributed by atoms with Crippen LogP contribution in [0.2, 0.25) is 0 Å². The molecule has 0 bridgehead atoms. The van der Waals surface area contributed by atoms with Crippen LogP contribution in [0.4, 0.5) is 32.0 Å². The molecule has 1 N–H and O–H groups in total. The van der Waals surface area contributed by atoms with E-state index in [1.807, 2.05) is 24.3 Å². The number of hydrogen-bond donors (Lipinski definition) is 1. The van der Waals surface area contributed by atoms with Crippen molar-refractivity contribution in [3.63, 3.8) is 0 Å². The standard InChI is InChI=1S/C26H24F6N2O3/c1-15-9-23(36-14-22(24(35)33-2)21-8-7-16-5-3-4-6-20(16)21)34(37-13-15)19-11-17(25(27,28)29)10-18(12-19)26(30,31)32/h3-6,9-12,14,21,23H,7-8,13H2,1-2H3,(H,33,35)/b22-14-. The van der Waals surface area contributed by atoms with Crippen molar-refractivity contribution in [3.8, 4) is 0 Å². The number of halogens is 6. The minimum atomic E-state index is -5.02. The Hall–Kier alpha value is -3.47. The number of ether oxygens (including phenoxy) is 1. The van der Waals surface area contributed by atoms with E-state index < -0.39 is 41.3 Å². The van der Waals surface area contributed by atoms with Crippen LogP contribution in [0.5, 0.6) is 0 Å². The van der Waals surface area contributed by atoms with Crippen molar-refractivity contribution in [1.82, 2.24) is 5.32 Å². The molecule has 198 valence electrons. The van der Waals surface area contributed by atoms with Crippen molar-refractivity contribution in [2.75, 3.05) is 18.7 Å². The predicted molar refractivity (Wildman–Crippen MR) is 123 cm³/mol. The van der Waals surface area contributed by atoms with Crippen LogP contribution in [-0.2, 0) is 33.1 Å². The Morgan fingerprint density at radius 3 is 2.35 bits per heavy atom. The van der Waals surface area contributed by atoms with Crippen molar-refractivity contribution >= 4 is 11.6 Å². The third-order valence-electron chi connectivity index (χ3n) is 6.25. The number of carbonyl (C=O) groups is 1. The Bertz CT molecular complexity index is 1200. The number of likely N-dealkylation sites (N-methyl/N-ethyl adjacent to an activating group) is 1. The van der Waals surface area contributed by atoms with Crippen LogP contribution < -0.4 is 10.4 Å². The molecule has 37 heavy (non-hydrogen) atoms. The van der Waals surface area contributed by atoms with Gasteiger partial charge < -0.3 is 10.1 Å². The van der Waals surface area contributed by atoms with Crippen LogP contribution in [0.25, 0.3) is 0 Å². The smallest absolute Gasteiger partial charge is 0.416 e. The molecule has 0 fully saturated rings. The molecule has 4 rings (SSSR count). The first-order chi connectivity index (χ1) is 17.4. The van der Waals surface area contributed by atoms with Crippen molar-refractivity contribution in [2.45, 2.75) is 44.3 Å². The fourth-order valence-corrected chi connectivity index (χ4v) is 4.45. The van der Waals surface area contributed by atoms with E-state index in [0.29, 0.717) is 24.1 Å². The monoisotopic (exact) mass is 526 g/mol. The lowest BCUT2D eigenvalue weighted by Gasteiger charge is -2.34. The Balaban J connectivity index is 1.71. The molecule has 1 aliphatic carbocycles. The molecule has 2 unspecified atom stereocenters. The number of anilines is 1. The van der Waals surface area contributed by atoms with Crippen molar-refractivity contribution < 1.29 is 40.7 Å². The summed E-state index contributed by atoms with van der Waals surface area (Å²) >= 11 is 0. The SMILES string of the molecule is CNC(=O)/C(=C\OC1C=C(C)CON1c1cc(C(F)(F)F)cc(C(F)(F)F)c1)C1CCc2ccccc21. The van der Waals surface area contributed by atoms with Crippen molar-refractivity contribution in [1.29, 1.82) is 0 Å². The second-order valence-electron chi connectivity index (χ2n) is 8.85. The van der Waals surface area contributed by atoms with Gasteiger partial charge in [0.15, 0.2) is 0 Å². The van der Waals surface area contributed by atoms with Gasteiger partial charge in [-0.15, -0.1) is 0 Å². The number of nitrogens with zero attached hydrogens (tertiary/aromatic N) is 1. The summed E-state index contributed by atoms with van der Waals surface area (Å²) < 4.78 is 86.3. The molecule has 0 saturated carbocycles. The highest BCUT2D eigenvalue weighted by molar-refractivity contribution is 5.94. The Kier molecular flexibility index (Phi) is 7.27. The van der Waals surface area contributed by atoms with Crippen LogP contribution in [-0.4, -0.2) is 25.8 Å². The number of amides is 1. The van der Waals surface area contributed by atoms with Gasteiger partial charge in [-0.25, -0.2) is 5.06 Å². The molecule has 0 aromatic heterocycles. The van der Waals surface area contributed by atoms with Gasteiger partial charge in [-0.05, 0) is 60.7 Å². The zero-order chi connectivity index (χ0) is 27.0. The summed E-state index contributed by atoms with van der Waals surface area (Å²) in [6.45, 7) is 1.61. The Labute approximate surface area is 209 Å². The number of benzene rings is 2. The summed E-state index contributed by atoms with van der Waals surface area (Å²) in [5, 5.41) is 3.41. The van der Waals surface area contributed by atoms with Gasteiger partial charge in [0.2, 0.25) is 6.23 Å².